The van der Waals surface area contributed by atoms with Gasteiger partial charge in [-0.05, 0) is 30.3 Å². The molecule has 3 nitrogen and oxygen atoms in total. The Balaban J connectivity index is 2.22. The maximum absolute atomic E-state index is 6.28. The summed E-state index contributed by atoms with van der Waals surface area (Å²) in [6, 6.07) is 15.0. The van der Waals surface area contributed by atoms with Gasteiger partial charge in [-0.25, -0.2) is 0 Å². The first-order valence-electron chi connectivity index (χ1n) is 6.22. The van der Waals surface area contributed by atoms with Gasteiger partial charge in [0.25, 0.3) is 0 Å². The molecule has 0 unspecified atom stereocenters. The molecule has 0 aliphatic rings. The van der Waals surface area contributed by atoms with Crippen molar-refractivity contribution in [2.45, 2.75) is 5.88 Å². The van der Waals surface area contributed by atoms with Crippen molar-refractivity contribution in [2.75, 3.05) is 0 Å². The fourth-order valence-electron chi connectivity index (χ4n) is 2.10. The number of halogens is 3. The van der Waals surface area contributed by atoms with Crippen molar-refractivity contribution in [2.24, 2.45) is 0 Å². The largest absolute Gasteiger partial charge is 0.278 e. The van der Waals surface area contributed by atoms with Crippen LogP contribution in [0.2, 0.25) is 10.0 Å². The zero-order chi connectivity index (χ0) is 14.8. The van der Waals surface area contributed by atoms with Crippen LogP contribution in [-0.2, 0) is 5.88 Å². The molecule has 0 N–H and O–H groups in total. The predicted molar refractivity (Wildman–Crippen MR) is 86.4 cm³/mol. The third kappa shape index (κ3) is 2.77. The van der Waals surface area contributed by atoms with E-state index in [-0.39, 0.29) is 5.88 Å². The summed E-state index contributed by atoms with van der Waals surface area (Å²) in [6.07, 6.45) is 0. The highest BCUT2D eigenvalue weighted by Gasteiger charge is 2.17. The summed E-state index contributed by atoms with van der Waals surface area (Å²) >= 11 is 18.2. The fourth-order valence-corrected chi connectivity index (χ4v) is 2.76. The van der Waals surface area contributed by atoms with Crippen molar-refractivity contribution in [3.05, 3.63) is 64.4 Å². The van der Waals surface area contributed by atoms with Gasteiger partial charge in [-0.1, -0.05) is 41.4 Å². The highest BCUT2D eigenvalue weighted by Crippen LogP contribution is 2.31. The van der Waals surface area contributed by atoms with Gasteiger partial charge in [0.2, 0.25) is 0 Å². The van der Waals surface area contributed by atoms with Gasteiger partial charge in [0.1, 0.15) is 0 Å². The predicted octanol–water partition coefficient (Wildman–Crippen LogP) is 4.98. The molecular formula is C15H10Cl3N3. The van der Waals surface area contributed by atoms with Crippen molar-refractivity contribution in [1.82, 2.24) is 14.8 Å². The summed E-state index contributed by atoms with van der Waals surface area (Å²) in [6.45, 7) is 0. The van der Waals surface area contributed by atoms with Crippen molar-refractivity contribution in [3.8, 4) is 17.1 Å². The van der Waals surface area contributed by atoms with Crippen molar-refractivity contribution in [1.29, 1.82) is 0 Å². The topological polar surface area (TPSA) is 30.7 Å². The lowest BCUT2D eigenvalue weighted by molar-refractivity contribution is 0.953. The summed E-state index contributed by atoms with van der Waals surface area (Å²) < 4.78 is 1.89. The average Bonchev–Trinajstić information content (AvgIpc) is 2.92. The molecule has 0 radical (unpaired) electrons. The molecule has 6 heteroatoms. The molecule has 0 fully saturated rings. The third-order valence-corrected chi connectivity index (χ3v) is 3.82. The van der Waals surface area contributed by atoms with Crippen molar-refractivity contribution < 1.29 is 0 Å². The first-order valence-corrected chi connectivity index (χ1v) is 7.51. The standard InChI is InChI=1S/C15H10Cl3N3/c16-9-14-19-20-15(12-7-6-10(17)8-13(12)18)21(14)11-4-2-1-3-5-11/h1-8H,9H2. The van der Waals surface area contributed by atoms with Gasteiger partial charge in [-0.2, -0.15) is 0 Å². The number of hydrogen-bond acceptors (Lipinski definition) is 2. The lowest BCUT2D eigenvalue weighted by atomic mass is 10.2. The summed E-state index contributed by atoms with van der Waals surface area (Å²) in [4.78, 5) is 0. The van der Waals surface area contributed by atoms with E-state index in [1.807, 2.05) is 41.0 Å². The Hall–Kier alpha value is -1.55. The molecule has 3 aromatic rings. The van der Waals surface area contributed by atoms with E-state index in [9.17, 15) is 0 Å². The minimum atomic E-state index is 0.257. The lowest BCUT2D eigenvalue weighted by Gasteiger charge is -2.10. The van der Waals surface area contributed by atoms with E-state index in [1.54, 1.807) is 12.1 Å². The molecule has 0 atom stereocenters. The number of aromatic nitrogens is 3. The Morgan fingerprint density at radius 1 is 0.952 bits per heavy atom. The van der Waals surface area contributed by atoms with Crippen molar-refractivity contribution in [3.63, 3.8) is 0 Å². The van der Waals surface area contributed by atoms with Gasteiger partial charge in [-0.15, -0.1) is 21.8 Å². The van der Waals surface area contributed by atoms with Crippen molar-refractivity contribution >= 4 is 34.8 Å². The molecule has 1 heterocycles. The van der Waals surface area contributed by atoms with Crippen LogP contribution in [0.1, 0.15) is 5.82 Å². The Labute approximate surface area is 137 Å². The van der Waals surface area contributed by atoms with Gasteiger partial charge in [0, 0.05) is 16.3 Å². The minimum Gasteiger partial charge on any atom is -0.278 e. The molecule has 2 aromatic carbocycles. The third-order valence-electron chi connectivity index (χ3n) is 3.04. The Morgan fingerprint density at radius 2 is 1.71 bits per heavy atom. The second kappa shape index (κ2) is 6.06. The van der Waals surface area contributed by atoms with E-state index in [0.717, 1.165) is 11.3 Å². The van der Waals surface area contributed by atoms with E-state index in [4.69, 9.17) is 34.8 Å². The number of para-hydroxylation sites is 1. The molecule has 0 spiro atoms. The molecule has 21 heavy (non-hydrogen) atoms. The molecule has 0 bridgehead atoms. The summed E-state index contributed by atoms with van der Waals surface area (Å²) in [5.41, 5.74) is 1.69. The normalized spacial score (nSPS) is 10.8. The van der Waals surface area contributed by atoms with Crippen LogP contribution in [0, 0.1) is 0 Å². The average molecular weight is 339 g/mol. The highest BCUT2D eigenvalue weighted by molar-refractivity contribution is 6.36. The first kappa shape index (κ1) is 14.4. The SMILES string of the molecule is ClCc1nnc(-c2ccc(Cl)cc2Cl)n1-c1ccccc1. The van der Waals surface area contributed by atoms with Gasteiger partial charge in [0.15, 0.2) is 11.6 Å². The minimum absolute atomic E-state index is 0.257. The smallest absolute Gasteiger partial charge is 0.170 e. The molecule has 0 amide bonds. The Bertz CT molecular complexity index is 769. The number of rotatable bonds is 3. The molecule has 3 rings (SSSR count). The van der Waals surface area contributed by atoms with E-state index < -0.39 is 0 Å². The van der Waals surface area contributed by atoms with E-state index in [2.05, 4.69) is 10.2 Å². The van der Waals surface area contributed by atoms with Gasteiger partial charge >= 0.3 is 0 Å². The zero-order valence-electron chi connectivity index (χ0n) is 10.8. The molecule has 1 aromatic heterocycles. The number of hydrogen-bond donors (Lipinski definition) is 0. The quantitative estimate of drug-likeness (QED) is 0.631. The Kier molecular flexibility index (Phi) is 4.15. The Morgan fingerprint density at radius 3 is 2.38 bits per heavy atom. The molecule has 0 aliphatic heterocycles. The number of alkyl halides is 1. The van der Waals surface area contributed by atoms with E-state index in [0.29, 0.717) is 21.7 Å². The summed E-state index contributed by atoms with van der Waals surface area (Å²) in [5.74, 6) is 1.55. The molecular weight excluding hydrogens is 329 g/mol. The fraction of sp³-hybridized carbons (Fsp3) is 0.0667. The van der Waals surface area contributed by atoms with Gasteiger partial charge < -0.3 is 0 Å². The van der Waals surface area contributed by atoms with Crippen LogP contribution in [0.5, 0.6) is 0 Å². The maximum atomic E-state index is 6.28. The molecule has 0 saturated carbocycles. The van der Waals surface area contributed by atoms with Gasteiger partial charge in [-0.3, -0.25) is 4.57 Å². The van der Waals surface area contributed by atoms with E-state index >= 15 is 0 Å². The second-order valence-corrected chi connectivity index (χ2v) is 5.48. The monoisotopic (exact) mass is 337 g/mol. The van der Waals surface area contributed by atoms with Crippen LogP contribution in [-0.4, -0.2) is 14.8 Å². The second-order valence-electron chi connectivity index (χ2n) is 4.37. The molecule has 106 valence electrons. The summed E-state index contributed by atoms with van der Waals surface area (Å²) in [7, 11) is 0. The van der Waals surface area contributed by atoms with Crippen LogP contribution in [0.3, 0.4) is 0 Å². The van der Waals surface area contributed by atoms with Crippen LogP contribution >= 0.6 is 34.8 Å². The van der Waals surface area contributed by atoms with Crippen LogP contribution in [0.25, 0.3) is 17.1 Å². The van der Waals surface area contributed by atoms with Crippen LogP contribution in [0.4, 0.5) is 0 Å². The highest BCUT2D eigenvalue weighted by atomic mass is 35.5. The summed E-state index contributed by atoms with van der Waals surface area (Å²) in [5, 5.41) is 9.46. The maximum Gasteiger partial charge on any atom is 0.170 e. The number of nitrogens with zero attached hydrogens (tertiary/aromatic N) is 3. The van der Waals surface area contributed by atoms with Crippen LogP contribution in [0.15, 0.2) is 48.5 Å². The first-order chi connectivity index (χ1) is 10.2. The van der Waals surface area contributed by atoms with Crippen LogP contribution < -0.4 is 0 Å². The number of benzene rings is 2. The zero-order valence-corrected chi connectivity index (χ0v) is 13.1. The van der Waals surface area contributed by atoms with E-state index in [1.165, 1.54) is 0 Å². The molecule has 0 saturated heterocycles. The lowest BCUT2D eigenvalue weighted by Crippen LogP contribution is -2.01. The van der Waals surface area contributed by atoms with Gasteiger partial charge in [0.05, 0.1) is 10.9 Å². The molecule has 0 aliphatic carbocycles.